The van der Waals surface area contributed by atoms with Crippen LogP contribution in [0.25, 0.3) is 0 Å². The maximum Gasteiger partial charge on any atom is 0.0831 e. The number of aliphatic hydroxyl groups excluding tert-OH is 1. The smallest absolute Gasteiger partial charge is 0.0831 e. The maximum atomic E-state index is 10.3. The molecule has 2 aromatic rings. The third-order valence-electron chi connectivity index (χ3n) is 3.45. The lowest BCUT2D eigenvalue weighted by Gasteiger charge is -2.14. The van der Waals surface area contributed by atoms with Gasteiger partial charge in [0.25, 0.3) is 0 Å². The van der Waals surface area contributed by atoms with Crippen LogP contribution in [0, 0.1) is 0 Å². The normalized spacial score (nSPS) is 12.7. The molecule has 0 heterocycles. The van der Waals surface area contributed by atoms with E-state index >= 15 is 0 Å². The monoisotopic (exact) mass is 308 g/mol. The molecule has 0 aliphatic heterocycles. The van der Waals surface area contributed by atoms with Crippen LogP contribution in [0.15, 0.2) is 42.5 Å². The molecule has 0 amide bonds. The Bertz CT molecular complexity index is 556. The van der Waals surface area contributed by atoms with Crippen LogP contribution in [0.3, 0.4) is 0 Å². The quantitative estimate of drug-likeness (QED) is 0.802. The maximum absolute atomic E-state index is 10.3. The zero-order chi connectivity index (χ0) is 14.7. The number of benzene rings is 2. The van der Waals surface area contributed by atoms with Crippen LogP contribution < -0.4 is 0 Å². The molecular formula is C17H18Cl2O. The van der Waals surface area contributed by atoms with Gasteiger partial charge in [-0.15, -0.1) is 0 Å². The van der Waals surface area contributed by atoms with Gasteiger partial charge in [-0.1, -0.05) is 67.4 Å². The summed E-state index contributed by atoms with van der Waals surface area (Å²) in [4.78, 5) is 0. The van der Waals surface area contributed by atoms with Gasteiger partial charge in [0.2, 0.25) is 0 Å². The summed E-state index contributed by atoms with van der Waals surface area (Å²) in [7, 11) is 0. The van der Waals surface area contributed by atoms with E-state index < -0.39 is 6.10 Å². The number of hydrogen-bond acceptors (Lipinski definition) is 1. The van der Waals surface area contributed by atoms with Gasteiger partial charge in [0, 0.05) is 16.5 Å². The predicted molar refractivity (Wildman–Crippen MR) is 85.7 cm³/mol. The first-order valence-electron chi connectivity index (χ1n) is 6.70. The van der Waals surface area contributed by atoms with Crippen molar-refractivity contribution in [2.24, 2.45) is 0 Å². The fourth-order valence-corrected chi connectivity index (χ4v) is 2.69. The molecule has 0 aromatic heterocycles. The van der Waals surface area contributed by atoms with Gasteiger partial charge in [-0.2, -0.15) is 0 Å². The summed E-state index contributed by atoms with van der Waals surface area (Å²) in [6, 6.07) is 13.4. The van der Waals surface area contributed by atoms with Crippen LogP contribution in [0.2, 0.25) is 10.0 Å². The van der Waals surface area contributed by atoms with Gasteiger partial charge in [-0.25, -0.2) is 0 Å². The molecule has 106 valence electrons. The highest BCUT2D eigenvalue weighted by molar-refractivity contribution is 6.35. The lowest BCUT2D eigenvalue weighted by atomic mass is 9.97. The second kappa shape index (κ2) is 6.62. The summed E-state index contributed by atoms with van der Waals surface area (Å²) < 4.78 is 0. The molecule has 0 aliphatic rings. The van der Waals surface area contributed by atoms with Crippen molar-refractivity contribution in [3.63, 3.8) is 0 Å². The van der Waals surface area contributed by atoms with Crippen LogP contribution in [-0.4, -0.2) is 5.11 Å². The van der Waals surface area contributed by atoms with E-state index in [1.54, 1.807) is 18.2 Å². The second-order valence-corrected chi connectivity index (χ2v) is 6.06. The highest BCUT2D eigenvalue weighted by Crippen LogP contribution is 2.29. The molecule has 3 heteroatoms. The standard InChI is InChI=1S/C17H18Cl2O/c1-11(2)12-6-8-13(9-7-12)17(20)10-14-15(18)4-3-5-16(14)19/h3-9,11,17,20H,10H2,1-2H3. The summed E-state index contributed by atoms with van der Waals surface area (Å²) in [6.07, 6.45) is -0.187. The van der Waals surface area contributed by atoms with Crippen molar-refractivity contribution in [3.05, 3.63) is 69.2 Å². The van der Waals surface area contributed by atoms with E-state index in [4.69, 9.17) is 23.2 Å². The van der Waals surface area contributed by atoms with Crippen molar-refractivity contribution in [1.82, 2.24) is 0 Å². The van der Waals surface area contributed by atoms with Gasteiger partial charge in [0.05, 0.1) is 6.10 Å². The van der Waals surface area contributed by atoms with Crippen LogP contribution in [0.1, 0.15) is 42.6 Å². The Morgan fingerprint density at radius 1 is 0.900 bits per heavy atom. The van der Waals surface area contributed by atoms with Crippen molar-refractivity contribution >= 4 is 23.2 Å². The van der Waals surface area contributed by atoms with E-state index in [-0.39, 0.29) is 0 Å². The molecule has 1 unspecified atom stereocenters. The first-order chi connectivity index (χ1) is 9.49. The van der Waals surface area contributed by atoms with Crippen molar-refractivity contribution in [1.29, 1.82) is 0 Å². The Morgan fingerprint density at radius 3 is 1.90 bits per heavy atom. The number of hydrogen-bond donors (Lipinski definition) is 1. The van der Waals surface area contributed by atoms with E-state index in [2.05, 4.69) is 26.0 Å². The van der Waals surface area contributed by atoms with Gasteiger partial charge in [0.15, 0.2) is 0 Å². The zero-order valence-electron chi connectivity index (χ0n) is 11.6. The molecule has 0 spiro atoms. The summed E-state index contributed by atoms with van der Waals surface area (Å²) in [6.45, 7) is 4.30. The Hall–Kier alpha value is -1.02. The molecule has 2 rings (SSSR count). The average Bonchev–Trinajstić information content (AvgIpc) is 2.43. The van der Waals surface area contributed by atoms with E-state index in [1.807, 2.05) is 12.1 Å². The van der Waals surface area contributed by atoms with E-state index in [1.165, 1.54) is 5.56 Å². The number of halogens is 2. The Balaban J connectivity index is 2.17. The van der Waals surface area contributed by atoms with Crippen LogP contribution in [0.5, 0.6) is 0 Å². The molecule has 2 aromatic carbocycles. The number of rotatable bonds is 4. The van der Waals surface area contributed by atoms with Crippen molar-refractivity contribution in [2.75, 3.05) is 0 Å². The highest BCUT2D eigenvalue weighted by atomic mass is 35.5. The van der Waals surface area contributed by atoms with Gasteiger partial charge in [-0.05, 0) is 34.7 Å². The lowest BCUT2D eigenvalue weighted by molar-refractivity contribution is 0.178. The van der Waals surface area contributed by atoms with Crippen LogP contribution >= 0.6 is 23.2 Å². The van der Waals surface area contributed by atoms with E-state index in [0.717, 1.165) is 11.1 Å². The average molecular weight is 309 g/mol. The Morgan fingerprint density at radius 2 is 1.40 bits per heavy atom. The van der Waals surface area contributed by atoms with E-state index in [0.29, 0.717) is 22.4 Å². The molecule has 0 fully saturated rings. The fourth-order valence-electron chi connectivity index (χ4n) is 2.14. The lowest BCUT2D eigenvalue weighted by Crippen LogP contribution is -2.03. The molecule has 0 radical (unpaired) electrons. The molecular weight excluding hydrogens is 291 g/mol. The van der Waals surface area contributed by atoms with Crippen LogP contribution in [-0.2, 0) is 6.42 Å². The summed E-state index contributed by atoms with van der Waals surface area (Å²) in [5, 5.41) is 11.5. The van der Waals surface area contributed by atoms with Crippen LogP contribution in [0.4, 0.5) is 0 Å². The minimum Gasteiger partial charge on any atom is -0.388 e. The molecule has 1 atom stereocenters. The SMILES string of the molecule is CC(C)c1ccc(C(O)Cc2c(Cl)cccc2Cl)cc1. The molecule has 0 aliphatic carbocycles. The number of aliphatic hydroxyl groups is 1. The first kappa shape index (κ1) is 15.4. The topological polar surface area (TPSA) is 20.2 Å². The molecule has 1 nitrogen and oxygen atoms in total. The fraction of sp³-hybridized carbons (Fsp3) is 0.294. The zero-order valence-corrected chi connectivity index (χ0v) is 13.1. The third-order valence-corrected chi connectivity index (χ3v) is 4.16. The van der Waals surface area contributed by atoms with Crippen molar-refractivity contribution in [3.8, 4) is 0 Å². The molecule has 0 saturated heterocycles. The second-order valence-electron chi connectivity index (χ2n) is 5.24. The Kier molecular flexibility index (Phi) is 5.09. The highest BCUT2D eigenvalue weighted by Gasteiger charge is 2.13. The van der Waals surface area contributed by atoms with Gasteiger partial charge in [0.1, 0.15) is 0 Å². The molecule has 20 heavy (non-hydrogen) atoms. The summed E-state index contributed by atoms with van der Waals surface area (Å²) >= 11 is 12.3. The van der Waals surface area contributed by atoms with E-state index in [9.17, 15) is 5.11 Å². The molecule has 0 saturated carbocycles. The summed E-state index contributed by atoms with van der Waals surface area (Å²) in [5.41, 5.74) is 2.93. The minimum absolute atomic E-state index is 0.416. The molecule has 0 bridgehead atoms. The third kappa shape index (κ3) is 3.54. The van der Waals surface area contributed by atoms with Crippen molar-refractivity contribution in [2.45, 2.75) is 32.3 Å². The summed E-state index contributed by atoms with van der Waals surface area (Å²) in [5.74, 6) is 0.485. The minimum atomic E-state index is -0.603. The first-order valence-corrected chi connectivity index (χ1v) is 7.45. The van der Waals surface area contributed by atoms with Gasteiger partial charge < -0.3 is 5.11 Å². The largest absolute Gasteiger partial charge is 0.388 e. The predicted octanol–water partition coefficient (Wildman–Crippen LogP) is 5.39. The molecule has 1 N–H and O–H groups in total. The van der Waals surface area contributed by atoms with Gasteiger partial charge >= 0.3 is 0 Å². The van der Waals surface area contributed by atoms with Gasteiger partial charge in [-0.3, -0.25) is 0 Å². The van der Waals surface area contributed by atoms with Crippen molar-refractivity contribution < 1.29 is 5.11 Å². The Labute approximate surface area is 130 Å².